The van der Waals surface area contributed by atoms with Gasteiger partial charge in [0.15, 0.2) is 0 Å². The summed E-state index contributed by atoms with van der Waals surface area (Å²) in [6.45, 7) is 2.43. The number of benzene rings is 4. The highest BCUT2D eigenvalue weighted by atomic mass is 32.1. The van der Waals surface area contributed by atoms with E-state index in [1.807, 2.05) is 53.9 Å². The zero-order valence-corrected chi connectivity index (χ0v) is 26.3. The highest BCUT2D eigenvalue weighted by molar-refractivity contribution is 7.57. The smallest absolute Gasteiger partial charge is 0.137 e. The molecule has 2 aromatic heterocycles. The number of nitriles is 1. The molecule has 9 heteroatoms. The zero-order chi connectivity index (χ0) is 31.2. The first kappa shape index (κ1) is 30.5. The average Bonchev–Trinajstić information content (AvgIpc) is 3.77. The Hall–Kier alpha value is -4.57. The van der Waals surface area contributed by atoms with Gasteiger partial charge in [-0.2, -0.15) is 10.4 Å². The maximum Gasteiger partial charge on any atom is 0.137 e. The number of rotatable bonds is 11. The lowest BCUT2D eigenvalue weighted by molar-refractivity contribution is 0.392. The molecule has 6 aromatic rings. The standard InChI is InChI=1S/C36H30F2N5PS/c1-26(35-42-34(22-45-35)30-14-12-27(19-39)13-15-30)36(23-43-25-40-24-41-43,32-17-16-31(37)18-33(32)38)44(20-28-8-4-2-5-9-28)21-29-10-6-3-7-11-29/h2-18,22,24-26H,20-21,23H2,1H3. The third-order valence-electron chi connectivity index (χ3n) is 8.18. The maximum absolute atomic E-state index is 16.3. The average molecular weight is 634 g/mol. The van der Waals surface area contributed by atoms with Crippen LogP contribution in [0.4, 0.5) is 8.78 Å². The topological polar surface area (TPSA) is 67.4 Å². The molecule has 4 aromatic carbocycles. The fraction of sp³-hybridized carbons (Fsp3) is 0.167. The van der Waals surface area contributed by atoms with Crippen molar-refractivity contribution in [3.05, 3.63) is 160 Å². The van der Waals surface area contributed by atoms with Crippen LogP contribution in [-0.4, -0.2) is 19.7 Å². The molecular weight excluding hydrogens is 603 g/mol. The molecule has 0 aliphatic rings. The number of hydrogen-bond donors (Lipinski definition) is 0. The fourth-order valence-corrected chi connectivity index (χ4v) is 10.5. The van der Waals surface area contributed by atoms with Gasteiger partial charge < -0.3 is 0 Å². The van der Waals surface area contributed by atoms with Gasteiger partial charge in [-0.25, -0.2) is 18.7 Å². The van der Waals surface area contributed by atoms with E-state index in [1.165, 1.54) is 23.7 Å². The van der Waals surface area contributed by atoms with Crippen molar-refractivity contribution in [1.29, 1.82) is 5.26 Å². The molecule has 224 valence electrons. The summed E-state index contributed by atoms with van der Waals surface area (Å²) >= 11 is 1.53. The Kier molecular flexibility index (Phi) is 9.21. The van der Waals surface area contributed by atoms with Gasteiger partial charge in [0.05, 0.1) is 28.9 Å². The van der Waals surface area contributed by atoms with Gasteiger partial charge in [0.25, 0.3) is 0 Å². The van der Waals surface area contributed by atoms with Crippen molar-refractivity contribution < 1.29 is 8.78 Å². The molecule has 0 saturated carbocycles. The molecule has 0 spiro atoms. The molecule has 0 amide bonds. The summed E-state index contributed by atoms with van der Waals surface area (Å²) in [6.07, 6.45) is 4.55. The normalized spacial score (nSPS) is 13.3. The first-order valence-electron chi connectivity index (χ1n) is 14.5. The molecular formula is C36H30F2N5PS. The van der Waals surface area contributed by atoms with Crippen LogP contribution in [-0.2, 0) is 24.0 Å². The molecule has 2 unspecified atom stereocenters. The van der Waals surface area contributed by atoms with Crippen LogP contribution in [0.1, 0.15) is 40.1 Å². The molecule has 6 rings (SSSR count). The molecule has 2 atom stereocenters. The van der Waals surface area contributed by atoms with Crippen molar-refractivity contribution in [2.75, 3.05) is 0 Å². The van der Waals surface area contributed by atoms with Gasteiger partial charge in [-0.05, 0) is 41.6 Å². The van der Waals surface area contributed by atoms with Gasteiger partial charge in [-0.3, -0.25) is 4.68 Å². The Bertz CT molecular complexity index is 1850. The third kappa shape index (κ3) is 6.61. The molecule has 5 nitrogen and oxygen atoms in total. The van der Waals surface area contributed by atoms with Crippen molar-refractivity contribution in [3.8, 4) is 17.3 Å². The fourth-order valence-electron chi connectivity index (χ4n) is 5.89. The predicted molar refractivity (Wildman–Crippen MR) is 176 cm³/mol. The number of hydrogen-bond acceptors (Lipinski definition) is 5. The third-order valence-corrected chi connectivity index (χ3v) is 12.6. The second-order valence-electron chi connectivity index (χ2n) is 11.0. The number of thiazole rings is 1. The summed E-state index contributed by atoms with van der Waals surface area (Å²) < 4.78 is 32.6. The molecule has 0 aliphatic carbocycles. The zero-order valence-electron chi connectivity index (χ0n) is 24.6. The second-order valence-corrected chi connectivity index (χ2v) is 14.4. The number of aromatic nitrogens is 4. The Morgan fingerprint density at radius 3 is 2.16 bits per heavy atom. The lowest BCUT2D eigenvalue weighted by atomic mass is 9.85. The minimum atomic E-state index is -1.10. The van der Waals surface area contributed by atoms with Crippen LogP contribution in [0, 0.1) is 23.0 Å². The first-order valence-corrected chi connectivity index (χ1v) is 17.1. The molecule has 45 heavy (non-hydrogen) atoms. The second kappa shape index (κ2) is 13.6. The SMILES string of the molecule is CC(c1nc(-c2ccc(C#N)cc2)cs1)C(Cn1cncn1)(c1ccc(F)cc1F)P(Cc1ccccc1)Cc1ccccc1. The van der Waals surface area contributed by atoms with E-state index in [0.29, 0.717) is 30.0 Å². The Morgan fingerprint density at radius 1 is 0.911 bits per heavy atom. The molecule has 0 aliphatic heterocycles. The van der Waals surface area contributed by atoms with Crippen LogP contribution < -0.4 is 0 Å². The molecule has 0 bridgehead atoms. The van der Waals surface area contributed by atoms with E-state index in [9.17, 15) is 9.65 Å². The molecule has 0 radical (unpaired) electrons. The van der Waals surface area contributed by atoms with E-state index in [2.05, 4.69) is 47.3 Å². The minimum absolute atomic E-state index is 0.294. The predicted octanol–water partition coefficient (Wildman–Crippen LogP) is 9.13. The van der Waals surface area contributed by atoms with E-state index in [-0.39, 0.29) is 5.92 Å². The minimum Gasteiger partial charge on any atom is -0.252 e. The largest absolute Gasteiger partial charge is 0.252 e. The van der Waals surface area contributed by atoms with E-state index >= 15 is 4.39 Å². The van der Waals surface area contributed by atoms with Crippen molar-refractivity contribution in [2.24, 2.45) is 0 Å². The van der Waals surface area contributed by atoms with Crippen LogP contribution in [0.2, 0.25) is 0 Å². The van der Waals surface area contributed by atoms with Crippen molar-refractivity contribution >= 4 is 19.3 Å². The number of halogens is 2. The molecule has 2 heterocycles. The molecule has 0 saturated heterocycles. The summed E-state index contributed by atoms with van der Waals surface area (Å²) in [5.74, 6) is -1.50. The summed E-state index contributed by atoms with van der Waals surface area (Å²) in [6, 6.07) is 34.0. The summed E-state index contributed by atoms with van der Waals surface area (Å²) in [7, 11) is -1.10. The van der Waals surface area contributed by atoms with E-state index in [1.54, 1.807) is 29.2 Å². The van der Waals surface area contributed by atoms with Crippen LogP contribution in [0.15, 0.2) is 121 Å². The van der Waals surface area contributed by atoms with Crippen LogP contribution in [0.5, 0.6) is 0 Å². The summed E-state index contributed by atoms with van der Waals surface area (Å²) in [4.78, 5) is 9.33. The Balaban J connectivity index is 1.56. The molecule has 0 fully saturated rings. The highest BCUT2D eigenvalue weighted by Crippen LogP contribution is 2.67. The van der Waals surface area contributed by atoms with Gasteiger partial charge in [-0.15, -0.1) is 11.3 Å². The summed E-state index contributed by atoms with van der Waals surface area (Å²) in [5, 5.41) is 15.7. The monoisotopic (exact) mass is 633 g/mol. The van der Waals surface area contributed by atoms with Crippen LogP contribution in [0.25, 0.3) is 11.3 Å². The maximum atomic E-state index is 16.3. The van der Waals surface area contributed by atoms with Gasteiger partial charge in [0.2, 0.25) is 0 Å². The first-order chi connectivity index (χ1) is 22.0. The lowest BCUT2D eigenvalue weighted by Crippen LogP contribution is -2.37. The number of nitrogens with zero attached hydrogens (tertiary/aromatic N) is 5. The van der Waals surface area contributed by atoms with E-state index in [0.717, 1.165) is 33.5 Å². The van der Waals surface area contributed by atoms with Gasteiger partial charge in [0, 0.05) is 33.6 Å². The van der Waals surface area contributed by atoms with Crippen molar-refractivity contribution in [3.63, 3.8) is 0 Å². The van der Waals surface area contributed by atoms with Gasteiger partial charge in [-0.1, -0.05) is 93.7 Å². The highest BCUT2D eigenvalue weighted by Gasteiger charge is 2.48. The van der Waals surface area contributed by atoms with Gasteiger partial charge >= 0.3 is 0 Å². The van der Waals surface area contributed by atoms with E-state index < -0.39 is 24.7 Å². The Labute approximate surface area is 266 Å². The van der Waals surface area contributed by atoms with Crippen LogP contribution >= 0.6 is 19.3 Å². The molecule has 0 N–H and O–H groups in total. The van der Waals surface area contributed by atoms with Crippen molar-refractivity contribution in [1.82, 2.24) is 19.7 Å². The quantitative estimate of drug-likeness (QED) is 0.134. The van der Waals surface area contributed by atoms with Gasteiger partial charge in [0.1, 0.15) is 24.3 Å². The lowest BCUT2D eigenvalue weighted by Gasteiger charge is -2.46. The van der Waals surface area contributed by atoms with Crippen LogP contribution in [0.3, 0.4) is 0 Å². The van der Waals surface area contributed by atoms with Crippen molar-refractivity contribution in [2.45, 2.75) is 36.9 Å². The summed E-state index contributed by atoms with van der Waals surface area (Å²) in [5.41, 5.74) is 5.00. The van der Waals surface area contributed by atoms with E-state index in [4.69, 9.17) is 4.98 Å². The Morgan fingerprint density at radius 2 is 1.58 bits per heavy atom.